The van der Waals surface area contributed by atoms with Crippen molar-refractivity contribution in [2.75, 3.05) is 19.6 Å². The van der Waals surface area contributed by atoms with E-state index in [9.17, 15) is 18.3 Å². The highest BCUT2D eigenvalue weighted by Crippen LogP contribution is 2.18. The van der Waals surface area contributed by atoms with Crippen molar-refractivity contribution in [1.82, 2.24) is 10.6 Å². The molecule has 0 saturated carbocycles. The van der Waals surface area contributed by atoms with Crippen molar-refractivity contribution in [2.24, 2.45) is 4.99 Å². The summed E-state index contributed by atoms with van der Waals surface area (Å²) in [5.74, 6) is 0.556. The number of rotatable bonds is 6. The van der Waals surface area contributed by atoms with E-state index in [1.54, 1.807) is 18.2 Å². The Morgan fingerprint density at radius 1 is 1.29 bits per heavy atom. The van der Waals surface area contributed by atoms with Crippen molar-refractivity contribution < 1.29 is 18.3 Å². The zero-order valence-electron chi connectivity index (χ0n) is 11.9. The van der Waals surface area contributed by atoms with Crippen molar-refractivity contribution >= 4 is 5.96 Å². The summed E-state index contributed by atoms with van der Waals surface area (Å²) in [5.41, 5.74) is 0.939. The number of guanidine groups is 1. The van der Waals surface area contributed by atoms with Gasteiger partial charge in [-0.25, -0.2) is 0 Å². The molecule has 0 heterocycles. The van der Waals surface area contributed by atoms with Crippen LogP contribution in [0.25, 0.3) is 0 Å². The van der Waals surface area contributed by atoms with Gasteiger partial charge in [0.05, 0.1) is 13.0 Å². The number of nitrogens with zero attached hydrogens (tertiary/aromatic N) is 1. The fourth-order valence-electron chi connectivity index (χ4n) is 1.67. The number of hydrogen-bond acceptors (Lipinski definition) is 2. The van der Waals surface area contributed by atoms with Crippen LogP contribution in [0.4, 0.5) is 13.2 Å². The summed E-state index contributed by atoms with van der Waals surface area (Å²) in [4.78, 5) is 3.87. The number of phenolic OH excluding ortho intramolecular Hbond substituents is 1. The molecule has 21 heavy (non-hydrogen) atoms. The average Bonchev–Trinajstić information content (AvgIpc) is 2.37. The summed E-state index contributed by atoms with van der Waals surface area (Å²) in [6, 6.07) is 6.84. The van der Waals surface area contributed by atoms with Gasteiger partial charge in [-0.15, -0.1) is 0 Å². The minimum Gasteiger partial charge on any atom is -0.508 e. The molecule has 0 bridgehead atoms. The molecule has 0 spiro atoms. The maximum atomic E-state index is 12.1. The molecular weight excluding hydrogens is 283 g/mol. The fourth-order valence-corrected chi connectivity index (χ4v) is 1.67. The lowest BCUT2D eigenvalue weighted by Crippen LogP contribution is -2.38. The summed E-state index contributed by atoms with van der Waals surface area (Å²) in [7, 11) is 0. The molecule has 7 heteroatoms. The van der Waals surface area contributed by atoms with Gasteiger partial charge in [-0.3, -0.25) is 4.99 Å². The predicted octanol–water partition coefficient (Wildman–Crippen LogP) is 2.44. The summed E-state index contributed by atoms with van der Waals surface area (Å²) in [6.45, 7) is 2.63. The first kappa shape index (κ1) is 17.1. The Kier molecular flexibility index (Phi) is 6.84. The summed E-state index contributed by atoms with van der Waals surface area (Å²) in [5, 5.41) is 15.2. The van der Waals surface area contributed by atoms with E-state index in [4.69, 9.17) is 0 Å². The molecule has 118 valence electrons. The molecule has 0 fully saturated rings. The summed E-state index contributed by atoms with van der Waals surface area (Å²) >= 11 is 0. The number of nitrogens with one attached hydrogen (secondary N) is 2. The van der Waals surface area contributed by atoms with E-state index < -0.39 is 12.6 Å². The van der Waals surface area contributed by atoms with E-state index in [1.807, 2.05) is 13.0 Å². The van der Waals surface area contributed by atoms with Crippen molar-refractivity contribution in [2.45, 2.75) is 25.9 Å². The van der Waals surface area contributed by atoms with Crippen LogP contribution in [-0.4, -0.2) is 36.9 Å². The Morgan fingerprint density at radius 2 is 2.05 bits per heavy atom. The van der Waals surface area contributed by atoms with Crippen LogP contribution in [0, 0.1) is 0 Å². The maximum Gasteiger partial charge on any atom is 0.390 e. The van der Waals surface area contributed by atoms with Crippen LogP contribution in [0.2, 0.25) is 0 Å². The quantitative estimate of drug-likeness (QED) is 0.559. The fraction of sp³-hybridized carbons (Fsp3) is 0.500. The second-order valence-electron chi connectivity index (χ2n) is 4.47. The lowest BCUT2D eigenvalue weighted by atomic mass is 10.1. The standard InChI is InChI=1S/C14H20F3N3O/c1-2-18-13(20-9-7-14(15,16)17)19-8-6-11-4-3-5-12(21)10-11/h3-5,10,21H,2,6-9H2,1H3,(H2,18,19,20). The van der Waals surface area contributed by atoms with Gasteiger partial charge < -0.3 is 15.7 Å². The van der Waals surface area contributed by atoms with Gasteiger partial charge in [0.15, 0.2) is 5.96 Å². The largest absolute Gasteiger partial charge is 0.508 e. The Morgan fingerprint density at radius 3 is 2.67 bits per heavy atom. The Bertz CT molecular complexity index is 461. The number of aliphatic imine (C=N–C) groups is 1. The molecule has 4 nitrogen and oxygen atoms in total. The first-order chi connectivity index (χ1) is 9.90. The number of aromatic hydroxyl groups is 1. The molecule has 1 aromatic rings. The van der Waals surface area contributed by atoms with Gasteiger partial charge in [0, 0.05) is 13.1 Å². The zero-order chi connectivity index (χ0) is 15.7. The normalized spacial score (nSPS) is 12.3. The second kappa shape index (κ2) is 8.39. The Balaban J connectivity index is 2.41. The molecular formula is C14H20F3N3O. The molecule has 0 aliphatic rings. The van der Waals surface area contributed by atoms with E-state index in [0.717, 1.165) is 5.56 Å². The van der Waals surface area contributed by atoms with Crippen LogP contribution in [0.3, 0.4) is 0 Å². The highest BCUT2D eigenvalue weighted by molar-refractivity contribution is 5.79. The van der Waals surface area contributed by atoms with Crippen molar-refractivity contribution in [3.63, 3.8) is 0 Å². The van der Waals surface area contributed by atoms with Crippen molar-refractivity contribution in [3.05, 3.63) is 29.8 Å². The van der Waals surface area contributed by atoms with Gasteiger partial charge >= 0.3 is 6.18 Å². The number of halogens is 3. The van der Waals surface area contributed by atoms with E-state index in [1.165, 1.54) is 0 Å². The Labute approximate surface area is 122 Å². The van der Waals surface area contributed by atoms with Gasteiger partial charge in [-0.05, 0) is 31.0 Å². The summed E-state index contributed by atoms with van der Waals surface area (Å²) in [6.07, 6.45) is -4.49. The van der Waals surface area contributed by atoms with Crippen LogP contribution in [0.5, 0.6) is 5.75 Å². The van der Waals surface area contributed by atoms with Crippen LogP contribution in [0.15, 0.2) is 29.3 Å². The third-order valence-electron chi connectivity index (χ3n) is 2.63. The lowest BCUT2D eigenvalue weighted by Gasteiger charge is -2.12. The molecule has 1 rings (SSSR count). The summed E-state index contributed by atoms with van der Waals surface area (Å²) < 4.78 is 36.2. The molecule has 0 radical (unpaired) electrons. The maximum absolute atomic E-state index is 12.1. The Hall–Kier alpha value is -1.92. The number of benzene rings is 1. The minimum atomic E-state index is -4.19. The van der Waals surface area contributed by atoms with E-state index in [-0.39, 0.29) is 12.3 Å². The highest BCUT2D eigenvalue weighted by Gasteiger charge is 2.26. The molecule has 0 amide bonds. The van der Waals surface area contributed by atoms with Gasteiger partial charge in [0.1, 0.15) is 5.75 Å². The molecule has 0 aromatic heterocycles. The smallest absolute Gasteiger partial charge is 0.390 e. The number of alkyl halides is 3. The van der Waals surface area contributed by atoms with Crippen molar-refractivity contribution in [1.29, 1.82) is 0 Å². The average molecular weight is 303 g/mol. The third-order valence-corrected chi connectivity index (χ3v) is 2.63. The first-order valence-corrected chi connectivity index (χ1v) is 6.77. The second-order valence-corrected chi connectivity index (χ2v) is 4.47. The minimum absolute atomic E-state index is 0.193. The van der Waals surface area contributed by atoms with E-state index in [2.05, 4.69) is 15.6 Å². The number of hydrogen-bond donors (Lipinski definition) is 3. The lowest BCUT2D eigenvalue weighted by molar-refractivity contribution is -0.132. The number of phenols is 1. The van der Waals surface area contributed by atoms with Crippen LogP contribution < -0.4 is 10.6 Å². The SMILES string of the molecule is CCNC(=NCCC(F)(F)F)NCCc1cccc(O)c1. The van der Waals surface area contributed by atoms with E-state index >= 15 is 0 Å². The van der Waals surface area contributed by atoms with Gasteiger partial charge in [-0.1, -0.05) is 12.1 Å². The van der Waals surface area contributed by atoms with Gasteiger partial charge in [0.2, 0.25) is 0 Å². The first-order valence-electron chi connectivity index (χ1n) is 6.77. The molecule has 3 N–H and O–H groups in total. The van der Waals surface area contributed by atoms with E-state index in [0.29, 0.717) is 25.5 Å². The van der Waals surface area contributed by atoms with Gasteiger partial charge in [-0.2, -0.15) is 13.2 Å². The van der Waals surface area contributed by atoms with Crippen molar-refractivity contribution in [3.8, 4) is 5.75 Å². The molecule has 1 aromatic carbocycles. The van der Waals surface area contributed by atoms with Gasteiger partial charge in [0.25, 0.3) is 0 Å². The monoisotopic (exact) mass is 303 g/mol. The molecule has 0 aliphatic heterocycles. The zero-order valence-corrected chi connectivity index (χ0v) is 11.9. The van der Waals surface area contributed by atoms with Crippen LogP contribution in [0.1, 0.15) is 18.9 Å². The molecule has 0 atom stereocenters. The molecule has 0 saturated heterocycles. The van der Waals surface area contributed by atoms with Crippen LogP contribution in [-0.2, 0) is 6.42 Å². The van der Waals surface area contributed by atoms with Crippen LogP contribution >= 0.6 is 0 Å². The predicted molar refractivity (Wildman–Crippen MR) is 76.5 cm³/mol. The molecule has 0 aliphatic carbocycles. The molecule has 0 unspecified atom stereocenters. The topological polar surface area (TPSA) is 56.7 Å². The third kappa shape index (κ3) is 8.06. The highest BCUT2D eigenvalue weighted by atomic mass is 19.4.